The van der Waals surface area contributed by atoms with Gasteiger partial charge < -0.3 is 16.2 Å². The van der Waals surface area contributed by atoms with Gasteiger partial charge in [0.15, 0.2) is 0 Å². The highest BCUT2D eigenvalue weighted by molar-refractivity contribution is 7.98. The van der Waals surface area contributed by atoms with Gasteiger partial charge in [-0.05, 0) is 24.8 Å². The van der Waals surface area contributed by atoms with Gasteiger partial charge in [-0.1, -0.05) is 0 Å². The number of aromatic nitrogens is 1. The molecule has 0 radical (unpaired) electrons. The van der Waals surface area contributed by atoms with Gasteiger partial charge >= 0.3 is 5.97 Å². The lowest BCUT2D eigenvalue weighted by Crippen LogP contribution is -2.41. The summed E-state index contributed by atoms with van der Waals surface area (Å²) in [5.74, 6) is -2.37. The van der Waals surface area contributed by atoms with Crippen molar-refractivity contribution < 1.29 is 19.5 Å². The fourth-order valence-electron chi connectivity index (χ4n) is 1.51. The Morgan fingerprint density at radius 1 is 1.50 bits per heavy atom. The number of thioether (sulfide) groups is 1. The first-order chi connectivity index (χ1) is 9.45. The number of amides is 2. The van der Waals surface area contributed by atoms with Crippen molar-refractivity contribution in [2.24, 2.45) is 5.73 Å². The van der Waals surface area contributed by atoms with E-state index in [1.165, 1.54) is 11.8 Å². The van der Waals surface area contributed by atoms with Crippen molar-refractivity contribution >= 4 is 29.5 Å². The fraction of sp³-hybridized carbons (Fsp3) is 0.333. The molecule has 1 rings (SSSR count). The van der Waals surface area contributed by atoms with E-state index in [1.807, 2.05) is 0 Å². The Morgan fingerprint density at radius 2 is 2.20 bits per heavy atom. The quantitative estimate of drug-likeness (QED) is 0.620. The molecule has 0 unspecified atom stereocenters. The van der Waals surface area contributed by atoms with Crippen molar-refractivity contribution in [2.75, 3.05) is 6.26 Å². The molecule has 0 fully saturated rings. The highest BCUT2D eigenvalue weighted by Gasteiger charge is 2.22. The van der Waals surface area contributed by atoms with Gasteiger partial charge in [0.2, 0.25) is 5.91 Å². The number of nitrogens with one attached hydrogen (secondary N) is 1. The molecule has 0 spiro atoms. The summed E-state index contributed by atoms with van der Waals surface area (Å²) in [4.78, 5) is 37.8. The van der Waals surface area contributed by atoms with Crippen LogP contribution in [0, 0.1) is 0 Å². The maximum atomic E-state index is 12.0. The van der Waals surface area contributed by atoms with Gasteiger partial charge in [0.05, 0.1) is 5.56 Å². The van der Waals surface area contributed by atoms with Gasteiger partial charge in [-0.15, -0.1) is 11.8 Å². The standard InChI is InChI=1S/C12H15N3O4S/c1-20-11-7(3-2-6-14-11)10(17)15-8(12(18)19)4-5-9(13)16/h2-3,6,8H,4-5H2,1H3,(H2,13,16)(H,15,17)(H,18,19)/t8-/m1/s1. The van der Waals surface area contributed by atoms with E-state index in [1.54, 1.807) is 24.6 Å². The highest BCUT2D eigenvalue weighted by atomic mass is 32.2. The summed E-state index contributed by atoms with van der Waals surface area (Å²) in [7, 11) is 0. The van der Waals surface area contributed by atoms with Crippen molar-refractivity contribution in [3.8, 4) is 0 Å². The Balaban J connectivity index is 2.80. The predicted octanol–water partition coefficient (Wildman–Crippen LogP) is 0.252. The first-order valence-corrected chi connectivity index (χ1v) is 6.99. The number of nitrogens with zero attached hydrogens (tertiary/aromatic N) is 1. The summed E-state index contributed by atoms with van der Waals surface area (Å²) in [6.45, 7) is 0. The molecule has 0 bridgehead atoms. The van der Waals surface area contributed by atoms with E-state index in [4.69, 9.17) is 10.8 Å². The number of pyridine rings is 1. The molecule has 0 saturated heterocycles. The molecule has 8 heteroatoms. The lowest BCUT2D eigenvalue weighted by Gasteiger charge is -2.14. The van der Waals surface area contributed by atoms with E-state index in [-0.39, 0.29) is 12.8 Å². The minimum Gasteiger partial charge on any atom is -0.480 e. The second kappa shape index (κ2) is 7.49. The largest absolute Gasteiger partial charge is 0.480 e. The Kier molecular flexibility index (Phi) is 5.98. The molecule has 1 heterocycles. The van der Waals surface area contributed by atoms with Gasteiger partial charge in [0.1, 0.15) is 11.1 Å². The van der Waals surface area contributed by atoms with E-state index in [2.05, 4.69) is 10.3 Å². The predicted molar refractivity (Wildman–Crippen MR) is 73.3 cm³/mol. The molecule has 0 aliphatic carbocycles. The van der Waals surface area contributed by atoms with Crippen LogP contribution in [0.3, 0.4) is 0 Å². The number of aliphatic carboxylic acids is 1. The maximum absolute atomic E-state index is 12.0. The van der Waals surface area contributed by atoms with Gasteiger partial charge in [-0.2, -0.15) is 0 Å². The second-order valence-electron chi connectivity index (χ2n) is 3.93. The fourth-order valence-corrected chi connectivity index (χ4v) is 2.05. The normalized spacial score (nSPS) is 11.7. The van der Waals surface area contributed by atoms with Crippen LogP contribution in [0.4, 0.5) is 0 Å². The summed E-state index contributed by atoms with van der Waals surface area (Å²) in [6.07, 6.45) is 3.15. The number of carbonyl (C=O) groups is 3. The van der Waals surface area contributed by atoms with Crippen molar-refractivity contribution in [3.05, 3.63) is 23.9 Å². The summed E-state index contributed by atoms with van der Waals surface area (Å²) in [5, 5.41) is 11.9. The van der Waals surface area contributed by atoms with E-state index >= 15 is 0 Å². The molecule has 108 valence electrons. The number of carboxylic acid groups (broad SMARTS) is 1. The van der Waals surface area contributed by atoms with Crippen LogP contribution in [0.5, 0.6) is 0 Å². The van der Waals surface area contributed by atoms with Crippen LogP contribution < -0.4 is 11.1 Å². The third-order valence-corrected chi connectivity index (χ3v) is 3.20. The van der Waals surface area contributed by atoms with Crippen LogP contribution in [0.2, 0.25) is 0 Å². The molecule has 1 atom stereocenters. The Bertz CT molecular complexity index is 521. The van der Waals surface area contributed by atoms with Crippen molar-refractivity contribution in [3.63, 3.8) is 0 Å². The van der Waals surface area contributed by atoms with E-state index < -0.39 is 23.8 Å². The Hall–Kier alpha value is -2.09. The number of primary amides is 1. The average Bonchev–Trinajstić information content (AvgIpc) is 2.42. The topological polar surface area (TPSA) is 122 Å². The smallest absolute Gasteiger partial charge is 0.326 e. The molecule has 0 aliphatic rings. The number of carbonyl (C=O) groups excluding carboxylic acids is 2. The van der Waals surface area contributed by atoms with Crippen LogP contribution >= 0.6 is 11.8 Å². The van der Waals surface area contributed by atoms with E-state index in [0.29, 0.717) is 10.6 Å². The summed E-state index contributed by atoms with van der Waals surface area (Å²) in [6, 6.07) is 1.99. The van der Waals surface area contributed by atoms with Crippen LogP contribution in [0.15, 0.2) is 23.4 Å². The zero-order valence-corrected chi connectivity index (χ0v) is 11.6. The third kappa shape index (κ3) is 4.54. The molecule has 1 aromatic heterocycles. The summed E-state index contributed by atoms with van der Waals surface area (Å²) >= 11 is 1.28. The van der Waals surface area contributed by atoms with Crippen molar-refractivity contribution in [2.45, 2.75) is 23.9 Å². The minimum absolute atomic E-state index is 0.0503. The summed E-state index contributed by atoms with van der Waals surface area (Å²) < 4.78 is 0. The average molecular weight is 297 g/mol. The Labute approximate surface area is 119 Å². The zero-order valence-electron chi connectivity index (χ0n) is 10.8. The first kappa shape index (κ1) is 16.0. The van der Waals surface area contributed by atoms with Gasteiger partial charge in [-0.25, -0.2) is 9.78 Å². The number of hydrogen-bond donors (Lipinski definition) is 3. The van der Waals surface area contributed by atoms with Crippen LogP contribution in [-0.4, -0.2) is 40.2 Å². The molecule has 0 aliphatic heterocycles. The Morgan fingerprint density at radius 3 is 2.75 bits per heavy atom. The molecule has 0 aromatic carbocycles. The van der Waals surface area contributed by atoms with E-state index in [9.17, 15) is 14.4 Å². The molecule has 0 saturated carbocycles. The SMILES string of the molecule is CSc1ncccc1C(=O)N[C@H](CCC(N)=O)C(=O)O. The van der Waals surface area contributed by atoms with Crippen molar-refractivity contribution in [1.82, 2.24) is 10.3 Å². The number of carboxylic acids is 1. The second-order valence-corrected chi connectivity index (χ2v) is 4.72. The monoisotopic (exact) mass is 297 g/mol. The maximum Gasteiger partial charge on any atom is 0.326 e. The summed E-state index contributed by atoms with van der Waals surface area (Å²) in [5.41, 5.74) is 5.27. The first-order valence-electron chi connectivity index (χ1n) is 5.76. The highest BCUT2D eigenvalue weighted by Crippen LogP contribution is 2.16. The van der Waals surface area contributed by atoms with Gasteiger partial charge in [0, 0.05) is 12.6 Å². The molecule has 20 heavy (non-hydrogen) atoms. The number of nitrogens with two attached hydrogens (primary N) is 1. The molecule has 1 aromatic rings. The zero-order chi connectivity index (χ0) is 15.1. The van der Waals surface area contributed by atoms with E-state index in [0.717, 1.165) is 0 Å². The third-order valence-electron chi connectivity index (χ3n) is 2.49. The molecule has 2 amide bonds. The lowest BCUT2D eigenvalue weighted by molar-refractivity contribution is -0.139. The van der Waals surface area contributed by atoms with Crippen LogP contribution in [0.1, 0.15) is 23.2 Å². The van der Waals surface area contributed by atoms with Gasteiger partial charge in [-0.3, -0.25) is 9.59 Å². The molecule has 7 nitrogen and oxygen atoms in total. The lowest BCUT2D eigenvalue weighted by atomic mass is 10.1. The molecular weight excluding hydrogens is 282 g/mol. The van der Waals surface area contributed by atoms with Crippen molar-refractivity contribution in [1.29, 1.82) is 0 Å². The number of hydrogen-bond acceptors (Lipinski definition) is 5. The molecular formula is C12H15N3O4S. The van der Waals surface area contributed by atoms with Gasteiger partial charge in [0.25, 0.3) is 5.91 Å². The molecule has 4 N–H and O–H groups in total. The van der Waals surface area contributed by atoms with Crippen LogP contribution in [-0.2, 0) is 9.59 Å². The van der Waals surface area contributed by atoms with Crippen LogP contribution in [0.25, 0.3) is 0 Å². The minimum atomic E-state index is -1.21. The number of rotatable bonds is 7.